The fraction of sp³-hybridized carbons (Fsp3) is 0.556. The van der Waals surface area contributed by atoms with E-state index in [1.54, 1.807) is 0 Å². The van der Waals surface area contributed by atoms with Crippen molar-refractivity contribution >= 4 is 10.2 Å². The molecule has 1 rings (SSSR count). The number of hydrogen-bond donors (Lipinski definition) is 0. The zero-order valence-corrected chi connectivity index (χ0v) is 8.88. The molecule has 0 unspecified atom stereocenters. The van der Waals surface area contributed by atoms with Crippen molar-refractivity contribution in [2.45, 2.75) is 32.1 Å². The van der Waals surface area contributed by atoms with E-state index in [0.29, 0.717) is 18.9 Å². The maximum atomic E-state index is 11.9. The first kappa shape index (κ1) is 12.5. The van der Waals surface area contributed by atoms with Gasteiger partial charge in [0.05, 0.1) is 5.41 Å². The first-order valence-corrected chi connectivity index (χ1v) is 6.68. The number of rotatable bonds is 2. The quantitative estimate of drug-likeness (QED) is 0.551. The highest BCUT2D eigenvalue weighted by molar-refractivity contribution is 8.48. The summed E-state index contributed by atoms with van der Waals surface area (Å²) in [5, 5.41) is -0.887. The highest BCUT2D eigenvalue weighted by atomic mass is 32.5. The molecular formula is C9H13F5S. The molecule has 1 saturated carbocycles. The molecule has 0 heterocycles. The minimum absolute atomic E-state index is 0.433. The molecular weight excluding hydrogens is 235 g/mol. The lowest BCUT2D eigenvalue weighted by Gasteiger charge is -2.36. The maximum absolute atomic E-state index is 11.9. The third kappa shape index (κ3) is 6.54. The summed E-state index contributed by atoms with van der Waals surface area (Å²) < 4.78 is 59.3. The van der Waals surface area contributed by atoms with Gasteiger partial charge in [-0.1, -0.05) is 37.5 Å². The molecule has 1 aliphatic carbocycles. The summed E-state index contributed by atoms with van der Waals surface area (Å²) in [7, 11) is -9.36. The molecule has 0 spiro atoms. The Balaban J connectivity index is 2.67. The molecule has 0 bridgehead atoms. The standard InChI is InChI=1S/C9H13F5S/c10-15(11,12,13,14)8-4-7-9-5-2-1-3-6-9/h4,7-8H,1-3,5-6H2/b8-4+. The Kier molecular flexibility index (Phi) is 2.71. The Morgan fingerprint density at radius 2 is 1.40 bits per heavy atom. The number of hydrogen-bond acceptors (Lipinski definition) is 0. The van der Waals surface area contributed by atoms with E-state index in [4.69, 9.17) is 0 Å². The predicted molar refractivity (Wildman–Crippen MR) is 53.4 cm³/mol. The molecule has 90 valence electrons. The Labute approximate surface area is 85.6 Å². The average Bonchev–Trinajstić information content (AvgIpc) is 2.01. The van der Waals surface area contributed by atoms with Crippen LogP contribution >= 0.6 is 10.2 Å². The van der Waals surface area contributed by atoms with E-state index in [1.807, 2.05) is 0 Å². The monoisotopic (exact) mass is 248 g/mol. The van der Waals surface area contributed by atoms with Crippen molar-refractivity contribution in [1.82, 2.24) is 0 Å². The van der Waals surface area contributed by atoms with E-state index in [-0.39, 0.29) is 0 Å². The third-order valence-corrected chi connectivity index (χ3v) is 2.83. The van der Waals surface area contributed by atoms with Crippen molar-refractivity contribution < 1.29 is 19.4 Å². The van der Waals surface area contributed by atoms with Crippen molar-refractivity contribution in [2.75, 3.05) is 0 Å². The van der Waals surface area contributed by atoms with E-state index in [9.17, 15) is 19.4 Å². The molecule has 0 atom stereocenters. The van der Waals surface area contributed by atoms with E-state index in [0.717, 1.165) is 30.9 Å². The van der Waals surface area contributed by atoms with Crippen LogP contribution in [0.1, 0.15) is 32.1 Å². The van der Waals surface area contributed by atoms with E-state index in [1.165, 1.54) is 0 Å². The largest absolute Gasteiger partial charge is 0.304 e. The molecule has 0 radical (unpaired) electrons. The van der Waals surface area contributed by atoms with Gasteiger partial charge in [0, 0.05) is 0 Å². The molecule has 6 heteroatoms. The minimum atomic E-state index is -9.36. The molecule has 0 aromatic heterocycles. The van der Waals surface area contributed by atoms with Crippen LogP contribution in [0.5, 0.6) is 0 Å². The van der Waals surface area contributed by atoms with Gasteiger partial charge in [-0.05, 0) is 31.8 Å². The minimum Gasteiger partial charge on any atom is -0.0942 e. The summed E-state index contributed by atoms with van der Waals surface area (Å²) in [6, 6.07) is 0. The van der Waals surface area contributed by atoms with Gasteiger partial charge in [-0.2, -0.15) is 0 Å². The van der Waals surface area contributed by atoms with E-state index >= 15 is 0 Å². The highest BCUT2D eigenvalue weighted by Gasteiger charge is 2.60. The Morgan fingerprint density at radius 1 is 0.867 bits per heavy atom. The van der Waals surface area contributed by atoms with Crippen LogP contribution in [-0.4, -0.2) is 0 Å². The van der Waals surface area contributed by atoms with E-state index in [2.05, 4.69) is 0 Å². The second-order valence-corrected chi connectivity index (χ2v) is 6.07. The van der Waals surface area contributed by atoms with Gasteiger partial charge in [0.1, 0.15) is 0 Å². The van der Waals surface area contributed by atoms with Crippen LogP contribution in [0.4, 0.5) is 19.4 Å². The van der Waals surface area contributed by atoms with Gasteiger partial charge < -0.3 is 0 Å². The summed E-state index contributed by atoms with van der Waals surface area (Å²) in [4.78, 5) is 0. The van der Waals surface area contributed by atoms with Crippen LogP contribution in [0.15, 0.2) is 23.1 Å². The zero-order chi connectivity index (χ0) is 11.6. The Hall–Kier alpha value is -0.520. The van der Waals surface area contributed by atoms with E-state index < -0.39 is 15.6 Å². The zero-order valence-electron chi connectivity index (χ0n) is 8.07. The molecule has 1 aliphatic rings. The molecule has 0 aromatic rings. The fourth-order valence-corrected chi connectivity index (χ4v) is 1.87. The van der Waals surface area contributed by atoms with Crippen molar-refractivity contribution in [1.29, 1.82) is 0 Å². The first-order chi connectivity index (χ1) is 6.55. The van der Waals surface area contributed by atoms with Gasteiger partial charge in [0.2, 0.25) is 0 Å². The molecule has 1 fully saturated rings. The van der Waals surface area contributed by atoms with Gasteiger partial charge in [-0.3, -0.25) is 0 Å². The number of allylic oxidation sites excluding steroid dienone is 3. The summed E-state index contributed by atoms with van der Waals surface area (Å²) in [5.41, 5.74) is 0.819. The Morgan fingerprint density at radius 3 is 1.87 bits per heavy atom. The smallest absolute Gasteiger partial charge is 0.0942 e. The molecule has 15 heavy (non-hydrogen) atoms. The summed E-state index contributed by atoms with van der Waals surface area (Å²) in [6.07, 6.45) is 5.93. The third-order valence-electron chi connectivity index (χ3n) is 2.16. The molecule has 0 N–H and O–H groups in total. The summed E-state index contributed by atoms with van der Waals surface area (Å²) >= 11 is 0. The lowest BCUT2D eigenvalue weighted by molar-refractivity contribution is 0.384. The van der Waals surface area contributed by atoms with Crippen molar-refractivity contribution in [2.24, 2.45) is 0 Å². The van der Waals surface area contributed by atoms with Gasteiger partial charge in [0.25, 0.3) is 0 Å². The van der Waals surface area contributed by atoms with Crippen molar-refractivity contribution in [3.05, 3.63) is 23.1 Å². The number of halogens is 5. The summed E-state index contributed by atoms with van der Waals surface area (Å²) in [5.74, 6) is 0. The second-order valence-electron chi connectivity index (χ2n) is 3.74. The first-order valence-electron chi connectivity index (χ1n) is 4.67. The van der Waals surface area contributed by atoms with Gasteiger partial charge in [-0.25, -0.2) is 0 Å². The Bertz CT molecular complexity index is 289. The lowest BCUT2D eigenvalue weighted by Crippen LogP contribution is -1.99. The van der Waals surface area contributed by atoms with Gasteiger partial charge in [-0.15, -0.1) is 0 Å². The fourth-order valence-electron chi connectivity index (χ4n) is 1.50. The van der Waals surface area contributed by atoms with Crippen LogP contribution in [0.25, 0.3) is 0 Å². The molecule has 0 amide bonds. The van der Waals surface area contributed by atoms with Gasteiger partial charge in [0.15, 0.2) is 0 Å². The van der Waals surface area contributed by atoms with Crippen LogP contribution in [0, 0.1) is 0 Å². The average molecular weight is 248 g/mol. The highest BCUT2D eigenvalue weighted by Crippen LogP contribution is 2.98. The second kappa shape index (κ2) is 3.23. The van der Waals surface area contributed by atoms with Crippen LogP contribution in [0.2, 0.25) is 0 Å². The van der Waals surface area contributed by atoms with Crippen molar-refractivity contribution in [3.8, 4) is 0 Å². The van der Waals surface area contributed by atoms with Crippen LogP contribution in [-0.2, 0) is 0 Å². The van der Waals surface area contributed by atoms with Crippen LogP contribution < -0.4 is 0 Å². The molecule has 0 aliphatic heterocycles. The molecule has 0 aromatic carbocycles. The maximum Gasteiger partial charge on any atom is 0.304 e. The normalized spacial score (nSPS) is 23.7. The predicted octanol–water partition coefficient (Wildman–Crippen LogP) is 5.69. The summed E-state index contributed by atoms with van der Waals surface area (Å²) in [6.45, 7) is 0. The van der Waals surface area contributed by atoms with Crippen molar-refractivity contribution in [3.63, 3.8) is 0 Å². The molecule has 0 saturated heterocycles. The SMILES string of the molecule is FS(F)(F)(F)(F)/C=C/C=C1CCCCC1. The van der Waals surface area contributed by atoms with Gasteiger partial charge >= 0.3 is 10.2 Å². The van der Waals surface area contributed by atoms with Crippen LogP contribution in [0.3, 0.4) is 0 Å². The lowest BCUT2D eigenvalue weighted by atomic mass is 9.95. The molecule has 0 nitrogen and oxygen atoms in total. The topological polar surface area (TPSA) is 0 Å².